The molecule has 1 fully saturated rings. The van der Waals surface area contributed by atoms with Crippen LogP contribution in [0.25, 0.3) is 0 Å². The van der Waals surface area contributed by atoms with Crippen LogP contribution in [0.3, 0.4) is 0 Å². The Balaban J connectivity index is 1.83. The molecule has 5 nitrogen and oxygen atoms in total. The molecule has 0 spiro atoms. The lowest BCUT2D eigenvalue weighted by Gasteiger charge is -2.44. The van der Waals surface area contributed by atoms with Crippen LogP contribution in [0, 0.1) is 0 Å². The molecule has 0 aromatic heterocycles. The zero-order valence-corrected chi connectivity index (χ0v) is 17.4. The molecule has 0 N–H and O–H groups in total. The van der Waals surface area contributed by atoms with Crippen LogP contribution < -0.4 is 0 Å². The van der Waals surface area contributed by atoms with Crippen molar-refractivity contribution in [3.8, 4) is 0 Å². The Hall–Kier alpha value is -3.44. The number of carbonyl (C=O) groups is 2. The molecule has 1 saturated heterocycles. The van der Waals surface area contributed by atoms with Gasteiger partial charge in [0.2, 0.25) is 6.10 Å². The number of carbonyl (C=O) groups excluding carboxylic acids is 2. The van der Waals surface area contributed by atoms with E-state index in [1.54, 1.807) is 6.92 Å². The Morgan fingerprint density at radius 2 is 1.42 bits per heavy atom. The van der Waals surface area contributed by atoms with E-state index in [-0.39, 0.29) is 6.61 Å². The smallest absolute Gasteiger partial charge is 0.349 e. The van der Waals surface area contributed by atoms with Crippen molar-refractivity contribution in [2.45, 2.75) is 31.7 Å². The molecule has 31 heavy (non-hydrogen) atoms. The van der Waals surface area contributed by atoms with Gasteiger partial charge in [-0.15, -0.1) is 0 Å². The third-order valence-corrected chi connectivity index (χ3v) is 5.43. The van der Waals surface area contributed by atoms with Gasteiger partial charge in [-0.2, -0.15) is 0 Å². The number of cyclic esters (lactones) is 1. The number of nitrogens with zero attached hydrogens (tertiary/aromatic N) is 1. The summed E-state index contributed by atoms with van der Waals surface area (Å²) >= 11 is 0. The van der Waals surface area contributed by atoms with Crippen LogP contribution in [0.1, 0.15) is 35.7 Å². The van der Waals surface area contributed by atoms with E-state index in [0.717, 1.165) is 16.7 Å². The zero-order chi connectivity index (χ0) is 21.6. The third kappa shape index (κ3) is 4.52. The number of benzene rings is 3. The Labute approximate surface area is 182 Å². The van der Waals surface area contributed by atoms with Gasteiger partial charge in [-0.25, -0.2) is 9.59 Å². The quantitative estimate of drug-likeness (QED) is 0.557. The highest BCUT2D eigenvalue weighted by molar-refractivity contribution is 5.85. The maximum atomic E-state index is 13.2. The Morgan fingerprint density at radius 1 is 0.871 bits per heavy atom. The van der Waals surface area contributed by atoms with Gasteiger partial charge in [0.25, 0.3) is 0 Å². The van der Waals surface area contributed by atoms with Crippen molar-refractivity contribution in [3.05, 3.63) is 108 Å². The van der Waals surface area contributed by atoms with Crippen LogP contribution in [0.4, 0.5) is 0 Å². The molecule has 0 amide bonds. The number of ether oxygens (including phenoxy) is 2. The Bertz CT molecular complexity index is 1010. The first-order valence-electron chi connectivity index (χ1n) is 10.5. The van der Waals surface area contributed by atoms with Gasteiger partial charge in [0.05, 0.1) is 12.6 Å². The number of hydrogen-bond donors (Lipinski definition) is 0. The minimum Gasteiger partial charge on any atom is -0.463 e. The summed E-state index contributed by atoms with van der Waals surface area (Å²) in [5, 5.41) is 0. The van der Waals surface area contributed by atoms with Gasteiger partial charge in [0.15, 0.2) is 0 Å². The first-order chi connectivity index (χ1) is 15.2. The van der Waals surface area contributed by atoms with Gasteiger partial charge in [-0.1, -0.05) is 91.0 Å². The summed E-state index contributed by atoms with van der Waals surface area (Å²) in [6.07, 6.45) is -1.04. The summed E-state index contributed by atoms with van der Waals surface area (Å²) in [7, 11) is 0. The van der Waals surface area contributed by atoms with Crippen LogP contribution >= 0.6 is 0 Å². The van der Waals surface area contributed by atoms with E-state index in [0.29, 0.717) is 6.54 Å². The van der Waals surface area contributed by atoms with Gasteiger partial charge < -0.3 is 9.47 Å². The van der Waals surface area contributed by atoms with Gasteiger partial charge in [-0.3, -0.25) is 4.90 Å². The maximum Gasteiger partial charge on any atom is 0.349 e. The van der Waals surface area contributed by atoms with Crippen molar-refractivity contribution >= 4 is 11.9 Å². The van der Waals surface area contributed by atoms with Crippen molar-refractivity contribution in [2.75, 3.05) is 6.61 Å². The molecule has 4 rings (SSSR count). The molecule has 158 valence electrons. The summed E-state index contributed by atoms with van der Waals surface area (Å²) in [5.41, 5.74) is 2.76. The van der Waals surface area contributed by atoms with E-state index in [9.17, 15) is 9.59 Å². The molecular formula is C26H25NO4. The van der Waals surface area contributed by atoms with Crippen molar-refractivity contribution in [3.63, 3.8) is 0 Å². The molecule has 1 unspecified atom stereocenters. The zero-order valence-electron chi connectivity index (χ0n) is 17.4. The predicted molar refractivity (Wildman–Crippen MR) is 117 cm³/mol. The van der Waals surface area contributed by atoms with Gasteiger partial charge in [-0.05, 0) is 23.6 Å². The second-order valence-electron chi connectivity index (χ2n) is 7.44. The number of esters is 2. The highest BCUT2D eigenvalue weighted by Crippen LogP contribution is 2.41. The summed E-state index contributed by atoms with van der Waals surface area (Å²) in [4.78, 5) is 28.1. The fourth-order valence-corrected chi connectivity index (χ4v) is 4.09. The van der Waals surface area contributed by atoms with Crippen molar-refractivity contribution in [2.24, 2.45) is 0 Å². The molecule has 1 heterocycles. The molecule has 1 aliphatic heterocycles. The maximum absolute atomic E-state index is 13.2. The minimum atomic E-state index is -1.04. The second-order valence-corrected chi connectivity index (χ2v) is 7.44. The van der Waals surface area contributed by atoms with Crippen molar-refractivity contribution in [1.29, 1.82) is 0 Å². The van der Waals surface area contributed by atoms with E-state index >= 15 is 0 Å². The molecule has 3 aromatic rings. The SMILES string of the molecule is CCOC(=O)[C@@H]1OC(=O)C(c2ccccc2)N(Cc2ccccc2)[C@@H]1c1ccccc1. The summed E-state index contributed by atoms with van der Waals surface area (Å²) in [5.74, 6) is -0.985. The normalized spacial score (nSPS) is 21.3. The first kappa shape index (κ1) is 20.8. The van der Waals surface area contributed by atoms with E-state index < -0.39 is 30.1 Å². The van der Waals surface area contributed by atoms with E-state index in [4.69, 9.17) is 9.47 Å². The monoisotopic (exact) mass is 415 g/mol. The largest absolute Gasteiger partial charge is 0.463 e. The lowest BCUT2D eigenvalue weighted by Crippen LogP contribution is -2.52. The molecule has 5 heteroatoms. The molecule has 0 saturated carbocycles. The highest BCUT2D eigenvalue weighted by atomic mass is 16.6. The summed E-state index contributed by atoms with van der Waals surface area (Å²) in [6, 6.07) is 28.0. The van der Waals surface area contributed by atoms with Crippen LogP contribution in [-0.2, 0) is 25.6 Å². The molecule has 0 bridgehead atoms. The number of morpholine rings is 1. The van der Waals surface area contributed by atoms with E-state index in [2.05, 4.69) is 0 Å². The molecular weight excluding hydrogens is 390 g/mol. The predicted octanol–water partition coefficient (Wildman–Crippen LogP) is 4.46. The van der Waals surface area contributed by atoms with Crippen LogP contribution in [-0.4, -0.2) is 29.5 Å². The topological polar surface area (TPSA) is 55.8 Å². The Kier molecular flexibility index (Phi) is 6.43. The number of hydrogen-bond acceptors (Lipinski definition) is 5. The first-order valence-corrected chi connectivity index (χ1v) is 10.5. The van der Waals surface area contributed by atoms with Gasteiger partial charge in [0, 0.05) is 6.54 Å². The van der Waals surface area contributed by atoms with Crippen molar-refractivity contribution in [1.82, 2.24) is 4.90 Å². The minimum absolute atomic E-state index is 0.217. The lowest BCUT2D eigenvalue weighted by atomic mass is 9.92. The van der Waals surface area contributed by atoms with E-state index in [1.165, 1.54) is 0 Å². The molecule has 1 aliphatic rings. The average molecular weight is 415 g/mol. The molecule has 3 atom stereocenters. The fraction of sp³-hybridized carbons (Fsp3) is 0.231. The Morgan fingerprint density at radius 3 is 2.00 bits per heavy atom. The molecule has 3 aromatic carbocycles. The molecule has 0 aliphatic carbocycles. The van der Waals surface area contributed by atoms with Crippen molar-refractivity contribution < 1.29 is 19.1 Å². The second kappa shape index (κ2) is 9.58. The molecule has 0 radical (unpaired) electrons. The standard InChI is InChI=1S/C26H25NO4/c1-2-30-26(29)24-22(20-14-8-4-9-15-20)27(18-19-12-6-3-7-13-19)23(25(28)31-24)21-16-10-5-11-17-21/h3-17,22-24H,2,18H2,1H3/t22-,23?,24-/m1/s1. The average Bonchev–Trinajstić information content (AvgIpc) is 2.81. The van der Waals surface area contributed by atoms with Crippen LogP contribution in [0.2, 0.25) is 0 Å². The fourth-order valence-electron chi connectivity index (χ4n) is 4.09. The number of rotatable bonds is 6. The van der Waals surface area contributed by atoms with E-state index in [1.807, 2.05) is 95.9 Å². The summed E-state index contributed by atoms with van der Waals surface area (Å²) in [6.45, 7) is 2.44. The van der Waals surface area contributed by atoms with Gasteiger partial charge >= 0.3 is 11.9 Å². The van der Waals surface area contributed by atoms with Crippen LogP contribution in [0.15, 0.2) is 91.0 Å². The van der Waals surface area contributed by atoms with Gasteiger partial charge in [0.1, 0.15) is 6.04 Å². The summed E-state index contributed by atoms with van der Waals surface area (Å²) < 4.78 is 11.0. The highest BCUT2D eigenvalue weighted by Gasteiger charge is 2.48. The lowest BCUT2D eigenvalue weighted by molar-refractivity contribution is -0.190. The third-order valence-electron chi connectivity index (χ3n) is 5.43. The van der Waals surface area contributed by atoms with Crippen LogP contribution in [0.5, 0.6) is 0 Å².